The molecule has 0 saturated heterocycles. The highest BCUT2D eigenvalue weighted by Crippen LogP contribution is 2.70. The molecule has 0 aromatic rings. The Morgan fingerprint density at radius 1 is 1.19 bits per heavy atom. The van der Waals surface area contributed by atoms with Crippen molar-refractivity contribution in [3.05, 3.63) is 0 Å². The molecule has 0 spiro atoms. The van der Waals surface area contributed by atoms with Gasteiger partial charge in [-0.05, 0) is 67.1 Å². The first-order chi connectivity index (χ1) is 12.2. The van der Waals surface area contributed by atoms with Crippen LogP contribution in [0.1, 0.15) is 65.2 Å². The van der Waals surface area contributed by atoms with Crippen LogP contribution in [0.15, 0.2) is 0 Å². The third-order valence-electron chi connectivity index (χ3n) is 9.10. The van der Waals surface area contributed by atoms with E-state index in [1.54, 1.807) is 0 Å². The zero-order valence-electron chi connectivity index (χ0n) is 15.8. The summed E-state index contributed by atoms with van der Waals surface area (Å²) in [4.78, 5) is 23.9. The monoisotopic (exact) mass is 400 g/mol. The van der Waals surface area contributed by atoms with E-state index in [2.05, 4.69) is 13.8 Å². The lowest BCUT2D eigenvalue weighted by atomic mass is 9.44. The molecule has 4 fully saturated rings. The first-order valence-electron chi connectivity index (χ1n) is 10.2. The number of hydrogen-bond acceptors (Lipinski definition) is 3. The highest BCUT2D eigenvalue weighted by molar-refractivity contribution is 6.34. The largest absolute Gasteiger partial charge is 0.389 e. The quantitative estimate of drug-likeness (QED) is 0.700. The standard InChI is InChI=1S/C21H30Cl2O3/c1-19-7-6-15-13(14(19)3-4-16(19)17(26)11-24)9-18(22)21(23)10-12(25)5-8-20(15,21)2/h13-16,18,24H,3-11H2,1-2H3/t13-,14-,15-,16+,18?,19-,20+,21?/m0/s1. The van der Waals surface area contributed by atoms with Crippen molar-refractivity contribution in [2.75, 3.05) is 6.61 Å². The fourth-order valence-electron chi connectivity index (χ4n) is 7.62. The minimum Gasteiger partial charge on any atom is -0.389 e. The molecule has 0 aromatic heterocycles. The summed E-state index contributed by atoms with van der Waals surface area (Å²) in [6.45, 7) is 4.19. The van der Waals surface area contributed by atoms with Crippen molar-refractivity contribution in [3.63, 3.8) is 0 Å². The zero-order chi connectivity index (χ0) is 18.9. The summed E-state index contributed by atoms with van der Waals surface area (Å²) >= 11 is 14.0. The van der Waals surface area contributed by atoms with Crippen molar-refractivity contribution in [1.82, 2.24) is 0 Å². The zero-order valence-corrected chi connectivity index (χ0v) is 17.3. The predicted molar refractivity (Wildman–Crippen MR) is 102 cm³/mol. The molecule has 0 aliphatic heterocycles. The van der Waals surface area contributed by atoms with Crippen LogP contribution in [0.25, 0.3) is 0 Å². The van der Waals surface area contributed by atoms with E-state index in [4.69, 9.17) is 23.2 Å². The molecule has 1 N–H and O–H groups in total. The van der Waals surface area contributed by atoms with E-state index in [1.807, 2.05) is 0 Å². The van der Waals surface area contributed by atoms with Crippen LogP contribution in [0.2, 0.25) is 0 Å². The highest BCUT2D eigenvalue weighted by atomic mass is 35.5. The minimum atomic E-state index is -0.627. The molecule has 0 heterocycles. The normalized spacial score (nSPS) is 53.6. The molecule has 2 unspecified atom stereocenters. The van der Waals surface area contributed by atoms with Gasteiger partial charge in [0, 0.05) is 18.8 Å². The molecule has 0 aromatic carbocycles. The number of carbonyl (C=O) groups excluding carboxylic acids is 2. The Morgan fingerprint density at radius 3 is 2.62 bits per heavy atom. The van der Waals surface area contributed by atoms with Gasteiger partial charge in [-0.2, -0.15) is 0 Å². The summed E-state index contributed by atoms with van der Waals surface area (Å²) < 4.78 is 0. The number of halogens is 2. The summed E-state index contributed by atoms with van der Waals surface area (Å²) in [5, 5.41) is 9.21. The van der Waals surface area contributed by atoms with E-state index >= 15 is 0 Å². The van der Waals surface area contributed by atoms with Gasteiger partial charge in [0.05, 0.1) is 10.3 Å². The number of aliphatic hydroxyl groups is 1. The van der Waals surface area contributed by atoms with Gasteiger partial charge >= 0.3 is 0 Å². The van der Waals surface area contributed by atoms with Crippen LogP contribution in [0, 0.1) is 34.5 Å². The van der Waals surface area contributed by atoms with Crippen molar-refractivity contribution in [2.45, 2.75) is 75.5 Å². The highest BCUT2D eigenvalue weighted by Gasteiger charge is 2.67. The van der Waals surface area contributed by atoms with Crippen LogP contribution in [0.5, 0.6) is 0 Å². The van der Waals surface area contributed by atoms with Crippen LogP contribution in [0.3, 0.4) is 0 Å². The maximum atomic E-state index is 12.3. The van der Waals surface area contributed by atoms with Crippen LogP contribution in [-0.4, -0.2) is 33.5 Å². The third kappa shape index (κ3) is 2.35. The van der Waals surface area contributed by atoms with Gasteiger partial charge in [0.1, 0.15) is 12.4 Å². The number of hydrogen-bond donors (Lipinski definition) is 1. The van der Waals surface area contributed by atoms with Crippen molar-refractivity contribution in [2.24, 2.45) is 34.5 Å². The fraction of sp³-hybridized carbons (Fsp3) is 0.905. The second kappa shape index (κ2) is 6.19. The van der Waals surface area contributed by atoms with Gasteiger partial charge in [-0.25, -0.2) is 0 Å². The molecule has 5 heteroatoms. The number of aliphatic hydroxyl groups excluding tert-OH is 1. The Morgan fingerprint density at radius 2 is 1.92 bits per heavy atom. The topological polar surface area (TPSA) is 54.4 Å². The van der Waals surface area contributed by atoms with Crippen LogP contribution < -0.4 is 0 Å². The number of Topliss-reactive ketones (excluding diaryl/α,β-unsaturated/α-hetero) is 2. The van der Waals surface area contributed by atoms with Gasteiger partial charge in [-0.3, -0.25) is 9.59 Å². The third-order valence-corrected chi connectivity index (χ3v) is 10.6. The number of fused-ring (bicyclic) bond motifs is 5. The van der Waals surface area contributed by atoms with E-state index in [1.165, 1.54) is 0 Å². The molecule has 0 amide bonds. The van der Waals surface area contributed by atoms with Crippen LogP contribution in [0.4, 0.5) is 0 Å². The average Bonchev–Trinajstić information content (AvgIpc) is 2.94. The Bertz CT molecular complexity index is 637. The molecule has 4 aliphatic carbocycles. The lowest BCUT2D eigenvalue weighted by molar-refractivity contribution is -0.141. The number of rotatable bonds is 2. The van der Waals surface area contributed by atoms with Gasteiger partial charge in [-0.15, -0.1) is 23.2 Å². The van der Waals surface area contributed by atoms with Crippen molar-refractivity contribution in [1.29, 1.82) is 0 Å². The molecule has 8 atom stereocenters. The average molecular weight is 401 g/mol. The molecule has 0 radical (unpaired) electrons. The fourth-order valence-corrected chi connectivity index (χ4v) is 8.62. The molecule has 3 nitrogen and oxygen atoms in total. The second-order valence-electron chi connectivity index (χ2n) is 9.87. The maximum absolute atomic E-state index is 12.3. The molecule has 4 rings (SSSR count). The SMILES string of the molecule is C[C@]12CC[C@H]3[C@@H](CC(Cl)C4(Cl)CC(=O)CC[C@]34C)[C@@H]1CC[C@@H]2C(=O)CO. The lowest BCUT2D eigenvalue weighted by Gasteiger charge is -2.64. The Balaban J connectivity index is 1.68. The molecule has 4 saturated carbocycles. The molecule has 0 bridgehead atoms. The summed E-state index contributed by atoms with van der Waals surface area (Å²) in [5.74, 6) is 1.65. The Hall–Kier alpha value is -0.120. The summed E-state index contributed by atoms with van der Waals surface area (Å²) in [5.41, 5.74) is -0.136. The number of alkyl halides is 2. The second-order valence-corrected chi connectivity index (χ2v) is 11.1. The number of ketones is 2. The van der Waals surface area contributed by atoms with E-state index in [0.29, 0.717) is 30.6 Å². The van der Waals surface area contributed by atoms with Gasteiger partial charge < -0.3 is 5.11 Å². The predicted octanol–water partition coefficient (Wildman–Crippen LogP) is 4.35. The van der Waals surface area contributed by atoms with E-state index < -0.39 is 4.87 Å². The molecular formula is C21H30Cl2O3. The summed E-state index contributed by atoms with van der Waals surface area (Å²) in [6.07, 6.45) is 6.69. The van der Waals surface area contributed by atoms with E-state index in [-0.39, 0.29) is 40.3 Å². The molecular weight excluding hydrogens is 371 g/mol. The van der Waals surface area contributed by atoms with Crippen molar-refractivity contribution < 1.29 is 14.7 Å². The smallest absolute Gasteiger partial charge is 0.161 e. The lowest BCUT2D eigenvalue weighted by Crippen LogP contribution is -2.64. The maximum Gasteiger partial charge on any atom is 0.161 e. The molecule has 4 aliphatic rings. The first-order valence-corrected chi connectivity index (χ1v) is 11.0. The minimum absolute atomic E-state index is 0.00727. The van der Waals surface area contributed by atoms with Crippen molar-refractivity contribution in [3.8, 4) is 0 Å². The summed E-state index contributed by atoms with van der Waals surface area (Å²) in [7, 11) is 0. The Kier molecular flexibility index (Phi) is 4.57. The van der Waals surface area contributed by atoms with Crippen LogP contribution in [-0.2, 0) is 9.59 Å². The van der Waals surface area contributed by atoms with Gasteiger partial charge in [-0.1, -0.05) is 13.8 Å². The first kappa shape index (κ1) is 19.2. The number of carbonyl (C=O) groups is 2. The molecule has 26 heavy (non-hydrogen) atoms. The van der Waals surface area contributed by atoms with Crippen molar-refractivity contribution >= 4 is 34.8 Å². The van der Waals surface area contributed by atoms with Gasteiger partial charge in [0.15, 0.2) is 5.78 Å². The van der Waals surface area contributed by atoms with Crippen LogP contribution >= 0.6 is 23.2 Å². The van der Waals surface area contributed by atoms with E-state index in [0.717, 1.165) is 38.5 Å². The van der Waals surface area contributed by atoms with Gasteiger partial charge in [0.2, 0.25) is 0 Å². The van der Waals surface area contributed by atoms with E-state index in [9.17, 15) is 14.7 Å². The van der Waals surface area contributed by atoms with Gasteiger partial charge in [0.25, 0.3) is 0 Å². The Labute approximate surface area is 166 Å². The molecule has 146 valence electrons. The summed E-state index contributed by atoms with van der Waals surface area (Å²) in [6, 6.07) is 0.